The Bertz CT molecular complexity index is 913. The number of hydrogen-bond acceptors (Lipinski definition) is 3. The molecular weight excluding hydrogens is 372 g/mol. The van der Waals surface area contributed by atoms with Gasteiger partial charge in [0.2, 0.25) is 15.9 Å². The van der Waals surface area contributed by atoms with E-state index in [1.54, 1.807) is 31.2 Å². The number of sulfonamides is 1. The van der Waals surface area contributed by atoms with E-state index in [4.69, 9.17) is 11.6 Å². The maximum Gasteiger partial charge on any atom is 0.248 e. The van der Waals surface area contributed by atoms with Gasteiger partial charge in [-0.15, -0.1) is 0 Å². The minimum Gasteiger partial charge on any atom is -0.324 e. The topological polar surface area (TPSA) is 66.5 Å². The SMILES string of the molecule is CCC(C(=O)Nc1cccc(C)c1C)N(c1cccc(Cl)c1)S(C)(=O)=O. The van der Waals surface area contributed by atoms with Crippen molar-refractivity contribution in [1.29, 1.82) is 0 Å². The molecule has 1 atom stereocenters. The van der Waals surface area contributed by atoms with Gasteiger partial charge in [0.1, 0.15) is 6.04 Å². The van der Waals surface area contributed by atoms with Crippen molar-refractivity contribution in [3.63, 3.8) is 0 Å². The fourth-order valence-corrected chi connectivity index (χ4v) is 4.16. The van der Waals surface area contributed by atoms with Crippen molar-refractivity contribution >= 4 is 38.9 Å². The van der Waals surface area contributed by atoms with Crippen LogP contribution in [0.2, 0.25) is 5.02 Å². The standard InChI is InChI=1S/C19H23ClN2O3S/c1-5-18(19(23)21-17-11-6-8-13(2)14(17)3)22(26(4,24)25)16-10-7-9-15(20)12-16/h6-12,18H,5H2,1-4H3,(H,21,23). The maximum absolute atomic E-state index is 12.9. The molecule has 0 aromatic heterocycles. The number of hydrogen-bond donors (Lipinski definition) is 1. The molecule has 0 saturated heterocycles. The van der Waals surface area contributed by atoms with Crippen LogP contribution in [0.25, 0.3) is 0 Å². The second kappa shape index (κ2) is 8.10. The average Bonchev–Trinajstić information content (AvgIpc) is 2.55. The van der Waals surface area contributed by atoms with E-state index in [-0.39, 0.29) is 5.91 Å². The van der Waals surface area contributed by atoms with Crippen LogP contribution in [0.5, 0.6) is 0 Å². The predicted molar refractivity (Wildman–Crippen MR) is 107 cm³/mol. The number of nitrogens with one attached hydrogen (secondary N) is 1. The van der Waals surface area contributed by atoms with Crippen molar-refractivity contribution < 1.29 is 13.2 Å². The largest absolute Gasteiger partial charge is 0.324 e. The number of benzene rings is 2. The Morgan fingerprint density at radius 1 is 1.19 bits per heavy atom. The van der Waals surface area contributed by atoms with Gasteiger partial charge in [-0.2, -0.15) is 0 Å². The minimum absolute atomic E-state index is 0.316. The fraction of sp³-hybridized carbons (Fsp3) is 0.316. The summed E-state index contributed by atoms with van der Waals surface area (Å²) in [5.74, 6) is -0.383. The van der Waals surface area contributed by atoms with Crippen LogP contribution in [0, 0.1) is 13.8 Å². The molecular formula is C19H23ClN2O3S. The van der Waals surface area contributed by atoms with E-state index in [2.05, 4.69) is 5.32 Å². The zero-order valence-corrected chi connectivity index (χ0v) is 16.9. The van der Waals surface area contributed by atoms with E-state index in [1.165, 1.54) is 6.07 Å². The molecule has 0 bridgehead atoms. The Morgan fingerprint density at radius 3 is 2.42 bits per heavy atom. The molecule has 0 fully saturated rings. The fourth-order valence-electron chi connectivity index (χ4n) is 2.78. The zero-order valence-electron chi connectivity index (χ0n) is 15.3. The highest BCUT2D eigenvalue weighted by atomic mass is 35.5. The summed E-state index contributed by atoms with van der Waals surface area (Å²) in [6, 6.07) is 11.2. The molecule has 0 heterocycles. The van der Waals surface area contributed by atoms with Gasteiger partial charge in [-0.05, 0) is 55.7 Å². The Hall–Kier alpha value is -2.05. The van der Waals surface area contributed by atoms with E-state index >= 15 is 0 Å². The van der Waals surface area contributed by atoms with Crippen molar-refractivity contribution in [1.82, 2.24) is 0 Å². The van der Waals surface area contributed by atoms with E-state index < -0.39 is 16.1 Å². The number of halogens is 1. The Morgan fingerprint density at radius 2 is 1.85 bits per heavy atom. The van der Waals surface area contributed by atoms with Crippen LogP contribution in [0.4, 0.5) is 11.4 Å². The Kier molecular flexibility index (Phi) is 6.31. The summed E-state index contributed by atoms with van der Waals surface area (Å²) in [7, 11) is -3.69. The summed E-state index contributed by atoms with van der Waals surface area (Å²) in [5.41, 5.74) is 3.03. The molecule has 26 heavy (non-hydrogen) atoms. The quantitative estimate of drug-likeness (QED) is 0.800. The molecule has 2 aromatic rings. The third-order valence-corrected chi connectivity index (χ3v) is 5.67. The van der Waals surface area contributed by atoms with E-state index in [0.29, 0.717) is 22.8 Å². The molecule has 5 nitrogen and oxygen atoms in total. The maximum atomic E-state index is 12.9. The monoisotopic (exact) mass is 394 g/mol. The van der Waals surface area contributed by atoms with Gasteiger partial charge in [-0.3, -0.25) is 9.10 Å². The number of amides is 1. The molecule has 1 N–H and O–H groups in total. The number of aryl methyl sites for hydroxylation is 1. The summed E-state index contributed by atoms with van der Waals surface area (Å²) in [4.78, 5) is 12.9. The van der Waals surface area contributed by atoms with E-state index in [1.807, 2.05) is 26.0 Å². The van der Waals surface area contributed by atoms with Crippen molar-refractivity contribution in [3.05, 3.63) is 58.6 Å². The van der Waals surface area contributed by atoms with Crippen LogP contribution in [-0.4, -0.2) is 26.6 Å². The summed E-state index contributed by atoms with van der Waals surface area (Å²) in [5, 5.41) is 3.26. The van der Waals surface area contributed by atoms with Crippen molar-refractivity contribution in [2.75, 3.05) is 15.9 Å². The molecule has 0 aliphatic carbocycles. The minimum atomic E-state index is -3.69. The molecule has 0 saturated carbocycles. The van der Waals surface area contributed by atoms with Gasteiger partial charge < -0.3 is 5.32 Å². The lowest BCUT2D eigenvalue weighted by Crippen LogP contribution is -2.47. The predicted octanol–water partition coefficient (Wildman–Crippen LogP) is 4.14. The van der Waals surface area contributed by atoms with Gasteiger partial charge >= 0.3 is 0 Å². The Balaban J connectivity index is 2.42. The highest BCUT2D eigenvalue weighted by Crippen LogP contribution is 2.26. The zero-order chi connectivity index (χ0) is 19.5. The lowest BCUT2D eigenvalue weighted by molar-refractivity contribution is -0.117. The number of carbonyl (C=O) groups is 1. The summed E-state index contributed by atoms with van der Waals surface area (Å²) in [6.07, 6.45) is 1.40. The molecule has 1 unspecified atom stereocenters. The first-order valence-corrected chi connectivity index (χ1v) is 10.5. The number of rotatable bonds is 6. The number of nitrogens with zero attached hydrogens (tertiary/aromatic N) is 1. The van der Waals surface area contributed by atoms with Crippen LogP contribution >= 0.6 is 11.6 Å². The van der Waals surface area contributed by atoms with Crippen molar-refractivity contribution in [3.8, 4) is 0 Å². The lowest BCUT2D eigenvalue weighted by Gasteiger charge is -2.30. The van der Waals surface area contributed by atoms with Gasteiger partial charge in [0.15, 0.2) is 0 Å². The summed E-state index contributed by atoms with van der Waals surface area (Å²) < 4.78 is 26.0. The molecule has 0 radical (unpaired) electrons. The smallest absolute Gasteiger partial charge is 0.248 e. The van der Waals surface area contributed by atoms with Crippen LogP contribution in [-0.2, 0) is 14.8 Å². The first-order chi connectivity index (χ1) is 12.1. The first-order valence-electron chi connectivity index (χ1n) is 8.27. The molecule has 0 spiro atoms. The van der Waals surface area contributed by atoms with Gasteiger partial charge in [0, 0.05) is 10.7 Å². The third kappa shape index (κ3) is 4.56. The van der Waals surface area contributed by atoms with Crippen molar-refractivity contribution in [2.45, 2.75) is 33.2 Å². The first kappa shape index (κ1) is 20.3. The molecule has 140 valence electrons. The summed E-state index contributed by atoms with van der Waals surface area (Å²) >= 11 is 6.01. The average molecular weight is 395 g/mol. The van der Waals surface area contributed by atoms with Crippen molar-refractivity contribution in [2.24, 2.45) is 0 Å². The lowest BCUT2D eigenvalue weighted by atomic mass is 10.1. The molecule has 2 rings (SSSR count). The van der Waals surface area contributed by atoms with Crippen LogP contribution in [0.1, 0.15) is 24.5 Å². The van der Waals surface area contributed by atoms with Gasteiger partial charge in [-0.1, -0.05) is 36.7 Å². The Labute approximate surface area is 160 Å². The van der Waals surface area contributed by atoms with Crippen LogP contribution in [0.3, 0.4) is 0 Å². The highest BCUT2D eigenvalue weighted by Gasteiger charge is 2.31. The molecule has 2 aromatic carbocycles. The van der Waals surface area contributed by atoms with Gasteiger partial charge in [0.05, 0.1) is 11.9 Å². The van der Waals surface area contributed by atoms with Crippen LogP contribution in [0.15, 0.2) is 42.5 Å². The molecule has 1 amide bonds. The van der Waals surface area contributed by atoms with Crippen LogP contribution < -0.4 is 9.62 Å². The molecule has 7 heteroatoms. The highest BCUT2D eigenvalue weighted by molar-refractivity contribution is 7.92. The second-order valence-corrected chi connectivity index (χ2v) is 8.50. The van der Waals surface area contributed by atoms with E-state index in [0.717, 1.165) is 21.7 Å². The van der Waals surface area contributed by atoms with Gasteiger partial charge in [-0.25, -0.2) is 8.42 Å². The van der Waals surface area contributed by atoms with E-state index in [9.17, 15) is 13.2 Å². The number of carbonyl (C=O) groups excluding carboxylic acids is 1. The third-order valence-electron chi connectivity index (χ3n) is 4.25. The second-order valence-electron chi connectivity index (χ2n) is 6.20. The van der Waals surface area contributed by atoms with Gasteiger partial charge in [0.25, 0.3) is 0 Å². The normalized spacial score (nSPS) is 12.5. The molecule has 0 aliphatic rings. The summed E-state index contributed by atoms with van der Waals surface area (Å²) in [6.45, 7) is 5.64. The number of anilines is 2. The molecule has 0 aliphatic heterocycles.